The molecule has 0 unspecified atom stereocenters. The Labute approximate surface area is 160 Å². The molecule has 0 atom stereocenters. The van der Waals surface area contributed by atoms with E-state index in [1.807, 2.05) is 18.2 Å². The lowest BCUT2D eigenvalue weighted by Gasteiger charge is -2.24. The van der Waals surface area contributed by atoms with E-state index in [0.717, 1.165) is 59.6 Å². The fourth-order valence-corrected chi connectivity index (χ4v) is 3.71. The highest BCUT2D eigenvalue weighted by atomic mass is 79.9. The first-order chi connectivity index (χ1) is 12.8. The summed E-state index contributed by atoms with van der Waals surface area (Å²) >= 11 is 3.54. The van der Waals surface area contributed by atoms with Crippen LogP contribution in [0.1, 0.15) is 12.0 Å². The predicted molar refractivity (Wildman–Crippen MR) is 105 cm³/mol. The van der Waals surface area contributed by atoms with Crippen LogP contribution in [0.4, 0.5) is 11.6 Å². The van der Waals surface area contributed by atoms with Crippen molar-refractivity contribution in [3.63, 3.8) is 0 Å². The van der Waals surface area contributed by atoms with Gasteiger partial charge in [0.1, 0.15) is 24.0 Å². The molecule has 0 radical (unpaired) electrons. The first kappa shape index (κ1) is 16.7. The SMILES string of the molecule is N#Cc1cccnc1N1CCCN(c2ncnc3ccc(Br)cc23)CC1. The van der Waals surface area contributed by atoms with Gasteiger partial charge in [-0.15, -0.1) is 0 Å². The highest BCUT2D eigenvalue weighted by Gasteiger charge is 2.20. The molecular formula is C19H17BrN6. The molecule has 0 spiro atoms. The van der Waals surface area contributed by atoms with Crippen LogP contribution in [0.15, 0.2) is 47.3 Å². The molecule has 1 fully saturated rings. The van der Waals surface area contributed by atoms with E-state index in [-0.39, 0.29) is 0 Å². The number of benzene rings is 1. The Hall–Kier alpha value is -2.72. The molecule has 1 saturated heterocycles. The summed E-state index contributed by atoms with van der Waals surface area (Å²) in [5, 5.41) is 10.4. The van der Waals surface area contributed by atoms with Crippen molar-refractivity contribution in [2.24, 2.45) is 0 Å². The molecule has 2 aromatic heterocycles. The van der Waals surface area contributed by atoms with Crippen LogP contribution in [0.3, 0.4) is 0 Å². The smallest absolute Gasteiger partial charge is 0.146 e. The molecule has 6 nitrogen and oxygen atoms in total. The van der Waals surface area contributed by atoms with E-state index in [9.17, 15) is 5.26 Å². The molecule has 7 heteroatoms. The largest absolute Gasteiger partial charge is 0.354 e. The van der Waals surface area contributed by atoms with Crippen molar-refractivity contribution in [1.29, 1.82) is 5.26 Å². The summed E-state index contributed by atoms with van der Waals surface area (Å²) in [5.74, 6) is 1.73. The van der Waals surface area contributed by atoms with Gasteiger partial charge in [0, 0.05) is 42.2 Å². The Morgan fingerprint density at radius 2 is 1.77 bits per heavy atom. The molecule has 26 heavy (non-hydrogen) atoms. The van der Waals surface area contributed by atoms with Gasteiger partial charge in [0.2, 0.25) is 0 Å². The molecule has 1 aliphatic heterocycles. The molecule has 0 saturated carbocycles. The van der Waals surface area contributed by atoms with Crippen molar-refractivity contribution in [3.05, 3.63) is 52.9 Å². The summed E-state index contributed by atoms with van der Waals surface area (Å²) in [4.78, 5) is 17.8. The average Bonchev–Trinajstić information content (AvgIpc) is 2.93. The second kappa shape index (κ2) is 7.26. The molecule has 0 bridgehead atoms. The molecule has 1 aliphatic rings. The van der Waals surface area contributed by atoms with E-state index in [1.54, 1.807) is 18.6 Å². The maximum Gasteiger partial charge on any atom is 0.146 e. The molecular weight excluding hydrogens is 392 g/mol. The molecule has 4 rings (SSSR count). The number of aromatic nitrogens is 3. The van der Waals surface area contributed by atoms with Gasteiger partial charge in [-0.2, -0.15) is 5.26 Å². The van der Waals surface area contributed by atoms with Crippen molar-refractivity contribution >= 4 is 38.5 Å². The normalized spacial score (nSPS) is 14.9. The van der Waals surface area contributed by atoms with E-state index in [0.29, 0.717) is 5.56 Å². The number of anilines is 2. The Morgan fingerprint density at radius 3 is 2.58 bits per heavy atom. The third-order valence-corrected chi connectivity index (χ3v) is 5.07. The quantitative estimate of drug-likeness (QED) is 0.647. The number of fused-ring (bicyclic) bond motifs is 1. The summed E-state index contributed by atoms with van der Waals surface area (Å²) in [6.07, 6.45) is 4.34. The minimum Gasteiger partial charge on any atom is -0.354 e. The van der Waals surface area contributed by atoms with Crippen molar-refractivity contribution in [1.82, 2.24) is 15.0 Å². The first-order valence-corrected chi connectivity index (χ1v) is 9.31. The van der Waals surface area contributed by atoms with Gasteiger partial charge >= 0.3 is 0 Å². The van der Waals surface area contributed by atoms with E-state index >= 15 is 0 Å². The average molecular weight is 409 g/mol. The van der Waals surface area contributed by atoms with Crippen LogP contribution in [-0.4, -0.2) is 41.1 Å². The van der Waals surface area contributed by atoms with Gasteiger partial charge in [-0.3, -0.25) is 0 Å². The van der Waals surface area contributed by atoms with Crippen LogP contribution >= 0.6 is 15.9 Å². The standard InChI is InChI=1S/C19H17BrN6/c20-15-4-5-17-16(11-15)19(24-13-23-17)26-8-2-7-25(9-10-26)18-14(12-21)3-1-6-22-18/h1,3-6,11,13H,2,7-10H2. The van der Waals surface area contributed by atoms with Gasteiger partial charge in [-0.05, 0) is 36.8 Å². The van der Waals surface area contributed by atoms with Gasteiger partial charge in [0.25, 0.3) is 0 Å². The van der Waals surface area contributed by atoms with Gasteiger partial charge in [-0.25, -0.2) is 15.0 Å². The summed E-state index contributed by atoms with van der Waals surface area (Å²) < 4.78 is 1.02. The monoisotopic (exact) mass is 408 g/mol. The van der Waals surface area contributed by atoms with Crippen LogP contribution in [-0.2, 0) is 0 Å². The van der Waals surface area contributed by atoms with E-state index in [2.05, 4.69) is 52.8 Å². The lowest BCUT2D eigenvalue weighted by molar-refractivity contribution is 0.794. The zero-order chi connectivity index (χ0) is 17.9. The van der Waals surface area contributed by atoms with Gasteiger partial charge in [0.15, 0.2) is 0 Å². The first-order valence-electron chi connectivity index (χ1n) is 8.51. The minimum absolute atomic E-state index is 0.623. The van der Waals surface area contributed by atoms with E-state index in [1.165, 1.54) is 0 Å². The predicted octanol–water partition coefficient (Wildman–Crippen LogP) is 3.38. The van der Waals surface area contributed by atoms with Crippen LogP contribution in [0.5, 0.6) is 0 Å². The van der Waals surface area contributed by atoms with Crippen LogP contribution in [0, 0.1) is 11.3 Å². The van der Waals surface area contributed by atoms with Gasteiger partial charge < -0.3 is 9.80 Å². The fourth-order valence-electron chi connectivity index (χ4n) is 3.34. The highest BCUT2D eigenvalue weighted by Crippen LogP contribution is 2.27. The topological polar surface area (TPSA) is 68.9 Å². The summed E-state index contributed by atoms with van der Waals surface area (Å²) in [6.45, 7) is 3.39. The van der Waals surface area contributed by atoms with Gasteiger partial charge in [0.05, 0.1) is 11.1 Å². The number of nitrogens with zero attached hydrogens (tertiary/aromatic N) is 6. The maximum absolute atomic E-state index is 9.35. The molecule has 3 heterocycles. The number of nitriles is 1. The fraction of sp³-hybridized carbons (Fsp3) is 0.263. The Balaban J connectivity index is 1.62. The number of rotatable bonds is 2. The summed E-state index contributed by atoms with van der Waals surface area (Å²) in [5.41, 5.74) is 1.56. The maximum atomic E-state index is 9.35. The third kappa shape index (κ3) is 3.20. The highest BCUT2D eigenvalue weighted by molar-refractivity contribution is 9.10. The molecule has 130 valence electrons. The van der Waals surface area contributed by atoms with Crippen molar-refractivity contribution < 1.29 is 0 Å². The lowest BCUT2D eigenvalue weighted by atomic mass is 10.2. The molecule has 0 N–H and O–H groups in total. The lowest BCUT2D eigenvalue weighted by Crippen LogP contribution is -2.32. The van der Waals surface area contributed by atoms with Crippen LogP contribution < -0.4 is 9.80 Å². The minimum atomic E-state index is 0.623. The van der Waals surface area contributed by atoms with E-state index in [4.69, 9.17) is 0 Å². The summed E-state index contributed by atoms with van der Waals surface area (Å²) in [6, 6.07) is 11.9. The number of halogens is 1. The molecule has 0 amide bonds. The Bertz CT molecular complexity index is 983. The molecule has 1 aromatic carbocycles. The zero-order valence-corrected chi connectivity index (χ0v) is 15.7. The third-order valence-electron chi connectivity index (χ3n) is 4.58. The Kier molecular flexibility index (Phi) is 4.67. The Morgan fingerprint density at radius 1 is 0.962 bits per heavy atom. The van der Waals surface area contributed by atoms with Crippen LogP contribution in [0.25, 0.3) is 10.9 Å². The number of hydrogen-bond donors (Lipinski definition) is 0. The van der Waals surface area contributed by atoms with Gasteiger partial charge in [-0.1, -0.05) is 15.9 Å². The van der Waals surface area contributed by atoms with Crippen molar-refractivity contribution in [3.8, 4) is 6.07 Å². The zero-order valence-electron chi connectivity index (χ0n) is 14.1. The second-order valence-corrected chi connectivity index (χ2v) is 7.09. The second-order valence-electron chi connectivity index (χ2n) is 6.17. The van der Waals surface area contributed by atoms with Crippen molar-refractivity contribution in [2.75, 3.05) is 36.0 Å². The number of hydrogen-bond acceptors (Lipinski definition) is 6. The molecule has 3 aromatic rings. The van der Waals surface area contributed by atoms with Crippen molar-refractivity contribution in [2.45, 2.75) is 6.42 Å². The number of pyridine rings is 1. The van der Waals surface area contributed by atoms with Crippen LogP contribution in [0.2, 0.25) is 0 Å². The summed E-state index contributed by atoms with van der Waals surface area (Å²) in [7, 11) is 0. The van der Waals surface area contributed by atoms with E-state index < -0.39 is 0 Å². The molecule has 0 aliphatic carbocycles.